The second-order valence-electron chi connectivity index (χ2n) is 5.66. The van der Waals surface area contributed by atoms with E-state index >= 15 is 0 Å². The van der Waals surface area contributed by atoms with Crippen molar-refractivity contribution in [1.82, 2.24) is 0 Å². The van der Waals surface area contributed by atoms with E-state index in [0.717, 1.165) is 12.1 Å². The summed E-state index contributed by atoms with van der Waals surface area (Å²) in [5.41, 5.74) is -0.0877. The average molecular weight is 390 g/mol. The van der Waals surface area contributed by atoms with E-state index in [1.165, 1.54) is 43.3 Å². The van der Waals surface area contributed by atoms with Gasteiger partial charge in [0.05, 0.1) is 5.39 Å². The van der Waals surface area contributed by atoms with Crippen LogP contribution in [0.2, 0.25) is 5.02 Å². The third-order valence-corrected chi connectivity index (χ3v) is 3.87. The third-order valence-electron chi connectivity index (χ3n) is 3.64. The molecule has 27 heavy (non-hydrogen) atoms. The highest BCUT2D eigenvalue weighted by Gasteiger charge is 2.21. The minimum Gasteiger partial charge on any atom is -0.449 e. The fourth-order valence-electron chi connectivity index (χ4n) is 2.31. The van der Waals surface area contributed by atoms with Crippen LogP contribution in [0.5, 0.6) is 0 Å². The molecule has 0 aliphatic heterocycles. The number of carbonyl (C=O) groups is 2. The van der Waals surface area contributed by atoms with Gasteiger partial charge in [0.15, 0.2) is 11.5 Å². The van der Waals surface area contributed by atoms with Crippen molar-refractivity contribution in [2.24, 2.45) is 0 Å². The molecule has 138 valence electrons. The van der Waals surface area contributed by atoms with Crippen molar-refractivity contribution in [2.75, 3.05) is 5.32 Å². The molecule has 1 amide bonds. The molecule has 0 aliphatic carbocycles. The first kappa shape index (κ1) is 18.6. The van der Waals surface area contributed by atoms with Gasteiger partial charge in [-0.25, -0.2) is 9.18 Å². The molecule has 0 bridgehead atoms. The van der Waals surface area contributed by atoms with Crippen molar-refractivity contribution in [3.05, 3.63) is 75.4 Å². The van der Waals surface area contributed by atoms with Crippen LogP contribution in [-0.2, 0) is 9.53 Å². The molecule has 0 radical (unpaired) electrons. The lowest BCUT2D eigenvalue weighted by Gasteiger charge is -2.13. The predicted molar refractivity (Wildman–Crippen MR) is 97.4 cm³/mol. The highest BCUT2D eigenvalue weighted by atomic mass is 35.5. The molecule has 1 aromatic heterocycles. The monoisotopic (exact) mass is 389 g/mol. The second-order valence-corrected chi connectivity index (χ2v) is 6.10. The van der Waals surface area contributed by atoms with Gasteiger partial charge in [0, 0.05) is 16.8 Å². The van der Waals surface area contributed by atoms with Gasteiger partial charge in [-0.15, -0.1) is 0 Å². The summed E-state index contributed by atoms with van der Waals surface area (Å²) in [6, 6.07) is 10.6. The fraction of sp³-hybridized carbons (Fsp3) is 0.105. The zero-order valence-electron chi connectivity index (χ0n) is 14.0. The Morgan fingerprint density at radius 2 is 1.96 bits per heavy atom. The van der Waals surface area contributed by atoms with Crippen molar-refractivity contribution in [1.29, 1.82) is 0 Å². The van der Waals surface area contributed by atoms with Crippen LogP contribution in [0.15, 0.2) is 57.7 Å². The van der Waals surface area contributed by atoms with Crippen LogP contribution in [0.25, 0.3) is 11.0 Å². The van der Waals surface area contributed by atoms with Crippen molar-refractivity contribution in [3.8, 4) is 0 Å². The Kier molecular flexibility index (Phi) is 5.23. The van der Waals surface area contributed by atoms with Gasteiger partial charge in [0.1, 0.15) is 11.4 Å². The molecule has 3 aromatic rings. The minimum absolute atomic E-state index is 0.163. The smallest absolute Gasteiger partial charge is 0.375 e. The molecule has 0 unspecified atom stereocenters. The van der Waals surface area contributed by atoms with Crippen LogP contribution in [-0.4, -0.2) is 18.0 Å². The van der Waals surface area contributed by atoms with E-state index in [4.69, 9.17) is 20.8 Å². The van der Waals surface area contributed by atoms with E-state index < -0.39 is 29.2 Å². The number of hydrogen-bond donors (Lipinski definition) is 1. The third kappa shape index (κ3) is 4.32. The maximum absolute atomic E-state index is 13.2. The number of ether oxygens (including phenoxy) is 1. The number of anilines is 1. The number of nitrogens with one attached hydrogen (secondary N) is 1. The van der Waals surface area contributed by atoms with Crippen molar-refractivity contribution >= 4 is 40.1 Å². The van der Waals surface area contributed by atoms with Crippen LogP contribution in [0, 0.1) is 5.82 Å². The lowest BCUT2D eigenvalue weighted by atomic mass is 10.2. The molecule has 6 nitrogen and oxygen atoms in total. The molecule has 0 spiro atoms. The standard InChI is InChI=1S/C19H13ClFNO5/c1-10(18(24)22-13-4-2-3-12(21)8-13)26-19(25)17-9-15(23)14-7-11(20)5-6-16(14)27-17/h2-10H,1H3,(H,22,24)/t10-/m1/s1. The number of amides is 1. The molecule has 1 N–H and O–H groups in total. The molecule has 1 heterocycles. The minimum atomic E-state index is -1.20. The summed E-state index contributed by atoms with van der Waals surface area (Å²) in [6.45, 7) is 1.34. The molecule has 0 fully saturated rings. The summed E-state index contributed by atoms with van der Waals surface area (Å²) in [7, 11) is 0. The van der Waals surface area contributed by atoms with Gasteiger partial charge in [-0.3, -0.25) is 9.59 Å². The lowest BCUT2D eigenvalue weighted by molar-refractivity contribution is -0.123. The van der Waals surface area contributed by atoms with E-state index in [1.807, 2.05) is 0 Å². The number of hydrogen-bond acceptors (Lipinski definition) is 5. The van der Waals surface area contributed by atoms with Crippen LogP contribution >= 0.6 is 11.6 Å². The lowest BCUT2D eigenvalue weighted by Crippen LogP contribution is -2.30. The van der Waals surface area contributed by atoms with Crippen LogP contribution in [0.3, 0.4) is 0 Å². The van der Waals surface area contributed by atoms with Crippen LogP contribution in [0.1, 0.15) is 17.5 Å². The van der Waals surface area contributed by atoms with E-state index in [-0.39, 0.29) is 22.4 Å². The van der Waals surface area contributed by atoms with Crippen LogP contribution in [0.4, 0.5) is 10.1 Å². The number of fused-ring (bicyclic) bond motifs is 1. The number of rotatable bonds is 4. The van der Waals surface area contributed by atoms with Gasteiger partial charge in [0.2, 0.25) is 5.76 Å². The second kappa shape index (κ2) is 7.59. The normalized spacial score (nSPS) is 11.8. The van der Waals surface area contributed by atoms with Crippen molar-refractivity contribution in [3.63, 3.8) is 0 Å². The zero-order valence-corrected chi connectivity index (χ0v) is 14.7. The molecule has 3 rings (SSSR count). The Hall–Kier alpha value is -3.19. The number of benzene rings is 2. The van der Waals surface area contributed by atoms with E-state index in [2.05, 4.69) is 5.32 Å². The topological polar surface area (TPSA) is 85.6 Å². The first-order valence-corrected chi connectivity index (χ1v) is 8.22. The Bertz CT molecular complexity index is 1090. The Morgan fingerprint density at radius 3 is 2.70 bits per heavy atom. The Morgan fingerprint density at radius 1 is 1.19 bits per heavy atom. The molecule has 8 heteroatoms. The van der Waals surface area contributed by atoms with E-state index in [0.29, 0.717) is 5.02 Å². The summed E-state index contributed by atoms with van der Waals surface area (Å²) in [5.74, 6) is -2.51. The Labute approximate surface area is 157 Å². The quantitative estimate of drug-likeness (QED) is 0.686. The molecule has 0 saturated heterocycles. The summed E-state index contributed by atoms with van der Waals surface area (Å²) in [5, 5.41) is 3.00. The average Bonchev–Trinajstić information content (AvgIpc) is 2.62. The fourth-order valence-corrected chi connectivity index (χ4v) is 2.48. The highest BCUT2D eigenvalue weighted by Crippen LogP contribution is 2.18. The number of carbonyl (C=O) groups excluding carboxylic acids is 2. The van der Waals surface area contributed by atoms with Gasteiger partial charge < -0.3 is 14.5 Å². The zero-order chi connectivity index (χ0) is 19.6. The molecular formula is C19H13ClFNO5. The van der Waals surface area contributed by atoms with Gasteiger partial charge in [-0.2, -0.15) is 0 Å². The predicted octanol–water partition coefficient (Wildman–Crippen LogP) is 3.77. The largest absolute Gasteiger partial charge is 0.449 e. The molecule has 1 atom stereocenters. The summed E-state index contributed by atoms with van der Waals surface area (Å²) in [4.78, 5) is 36.4. The summed E-state index contributed by atoms with van der Waals surface area (Å²) in [6.07, 6.45) is -1.20. The number of halogens is 2. The first-order valence-electron chi connectivity index (χ1n) is 7.84. The summed E-state index contributed by atoms with van der Waals surface area (Å²) >= 11 is 5.83. The van der Waals surface area contributed by atoms with E-state index in [9.17, 15) is 18.8 Å². The van der Waals surface area contributed by atoms with Gasteiger partial charge in [0.25, 0.3) is 5.91 Å². The van der Waals surface area contributed by atoms with Gasteiger partial charge in [-0.1, -0.05) is 17.7 Å². The molecule has 0 aliphatic rings. The highest BCUT2D eigenvalue weighted by molar-refractivity contribution is 6.31. The van der Waals surface area contributed by atoms with Crippen LogP contribution < -0.4 is 10.7 Å². The Balaban J connectivity index is 1.74. The SMILES string of the molecule is C[C@@H](OC(=O)c1cc(=O)c2cc(Cl)ccc2o1)C(=O)Nc1cccc(F)c1. The van der Waals surface area contributed by atoms with Crippen molar-refractivity contribution < 1.29 is 23.1 Å². The maximum Gasteiger partial charge on any atom is 0.375 e. The van der Waals surface area contributed by atoms with Crippen molar-refractivity contribution in [2.45, 2.75) is 13.0 Å². The van der Waals surface area contributed by atoms with E-state index in [1.54, 1.807) is 0 Å². The summed E-state index contributed by atoms with van der Waals surface area (Å²) < 4.78 is 23.5. The maximum atomic E-state index is 13.2. The first-order chi connectivity index (χ1) is 12.8. The molecular weight excluding hydrogens is 377 g/mol. The number of esters is 1. The molecule has 2 aromatic carbocycles. The molecule has 0 saturated carbocycles. The van der Waals surface area contributed by atoms with Gasteiger partial charge in [-0.05, 0) is 43.3 Å². The van der Waals surface area contributed by atoms with Gasteiger partial charge >= 0.3 is 5.97 Å².